The number of likely N-dealkylation sites (tertiary alicyclic amines) is 1. The number of amides is 1. The van der Waals surface area contributed by atoms with Crippen LogP contribution < -0.4 is 5.73 Å². The van der Waals surface area contributed by atoms with Crippen LogP contribution in [0.2, 0.25) is 0 Å². The summed E-state index contributed by atoms with van der Waals surface area (Å²) in [4.78, 5) is 17.6. The number of hydrogen-bond donors (Lipinski definition) is 1. The Kier molecular flexibility index (Phi) is 4.00. The van der Waals surface area contributed by atoms with Gasteiger partial charge in [-0.2, -0.15) is 4.98 Å². The molecule has 1 aromatic rings. The van der Waals surface area contributed by atoms with Crippen LogP contribution >= 0.6 is 0 Å². The Labute approximate surface area is 118 Å². The van der Waals surface area contributed by atoms with Gasteiger partial charge in [-0.15, -0.1) is 0 Å². The molecule has 0 bridgehead atoms. The molecule has 1 aliphatic carbocycles. The van der Waals surface area contributed by atoms with Gasteiger partial charge >= 0.3 is 0 Å². The molecule has 1 saturated carbocycles. The third-order valence-electron chi connectivity index (χ3n) is 4.53. The van der Waals surface area contributed by atoms with E-state index in [1.165, 1.54) is 32.1 Å². The van der Waals surface area contributed by atoms with Gasteiger partial charge in [-0.1, -0.05) is 24.4 Å². The predicted molar refractivity (Wildman–Crippen MR) is 72.9 cm³/mol. The molecule has 6 nitrogen and oxygen atoms in total. The summed E-state index contributed by atoms with van der Waals surface area (Å²) in [7, 11) is 0. The quantitative estimate of drug-likeness (QED) is 0.909. The van der Waals surface area contributed by atoms with Gasteiger partial charge in [0, 0.05) is 6.54 Å². The fourth-order valence-electron chi connectivity index (χ4n) is 3.50. The topological polar surface area (TPSA) is 85.2 Å². The first-order chi connectivity index (χ1) is 9.74. The van der Waals surface area contributed by atoms with Crippen molar-refractivity contribution in [1.82, 2.24) is 15.0 Å². The number of carbonyl (C=O) groups is 1. The molecule has 1 atom stereocenters. The Morgan fingerprint density at radius 2 is 2.05 bits per heavy atom. The van der Waals surface area contributed by atoms with Crippen molar-refractivity contribution < 1.29 is 9.32 Å². The molecule has 2 heterocycles. The lowest BCUT2D eigenvalue weighted by atomic mass is 9.89. The highest BCUT2D eigenvalue weighted by atomic mass is 16.5. The summed E-state index contributed by atoms with van der Waals surface area (Å²) < 4.78 is 5.23. The van der Waals surface area contributed by atoms with Gasteiger partial charge in [-0.25, -0.2) is 0 Å². The van der Waals surface area contributed by atoms with Crippen molar-refractivity contribution in [3.8, 4) is 0 Å². The average molecular weight is 278 g/mol. The highest BCUT2D eigenvalue weighted by Gasteiger charge is 2.32. The third kappa shape index (κ3) is 2.85. The van der Waals surface area contributed by atoms with E-state index in [1.54, 1.807) is 0 Å². The summed E-state index contributed by atoms with van der Waals surface area (Å²) in [5, 5.41) is 3.65. The van der Waals surface area contributed by atoms with E-state index in [0.717, 1.165) is 31.8 Å². The molecule has 1 saturated heterocycles. The minimum Gasteiger partial charge on any atom is -0.363 e. The molecule has 6 heteroatoms. The molecule has 0 unspecified atom stereocenters. The van der Waals surface area contributed by atoms with E-state index in [1.807, 2.05) is 0 Å². The number of nitrogens with two attached hydrogens (primary N) is 1. The van der Waals surface area contributed by atoms with Gasteiger partial charge in [0.1, 0.15) is 0 Å². The number of aromatic nitrogens is 2. The molecule has 20 heavy (non-hydrogen) atoms. The minimum atomic E-state index is -0.628. The van der Waals surface area contributed by atoms with E-state index >= 15 is 0 Å². The van der Waals surface area contributed by atoms with E-state index in [4.69, 9.17) is 10.3 Å². The van der Waals surface area contributed by atoms with Crippen LogP contribution in [0.4, 0.5) is 0 Å². The van der Waals surface area contributed by atoms with Gasteiger partial charge in [0.15, 0.2) is 0 Å². The molecule has 0 radical (unpaired) electrons. The maximum Gasteiger partial charge on any atom is 0.290 e. The van der Waals surface area contributed by atoms with Crippen LogP contribution in [0, 0.1) is 5.92 Å². The SMILES string of the molecule is NC(=O)c1noc([C@H]2CCCN2CC2CCCCC2)n1. The molecule has 3 rings (SSSR count). The maximum absolute atomic E-state index is 11.1. The summed E-state index contributed by atoms with van der Waals surface area (Å²) in [5.74, 6) is 0.705. The first kappa shape index (κ1) is 13.5. The van der Waals surface area contributed by atoms with E-state index in [0.29, 0.717) is 5.89 Å². The van der Waals surface area contributed by atoms with Crippen molar-refractivity contribution in [2.45, 2.75) is 51.0 Å². The van der Waals surface area contributed by atoms with E-state index < -0.39 is 5.91 Å². The summed E-state index contributed by atoms with van der Waals surface area (Å²) in [6.07, 6.45) is 8.93. The van der Waals surface area contributed by atoms with Crippen LogP contribution in [0.5, 0.6) is 0 Å². The predicted octanol–water partition coefficient (Wildman–Crippen LogP) is 1.89. The lowest BCUT2D eigenvalue weighted by Crippen LogP contribution is -2.30. The third-order valence-corrected chi connectivity index (χ3v) is 4.53. The smallest absolute Gasteiger partial charge is 0.290 e. The second-order valence-corrected chi connectivity index (χ2v) is 5.98. The Bertz CT molecular complexity index is 467. The summed E-state index contributed by atoms with van der Waals surface area (Å²) >= 11 is 0. The normalized spacial score (nSPS) is 25.1. The molecule has 1 amide bonds. The largest absolute Gasteiger partial charge is 0.363 e. The van der Waals surface area contributed by atoms with Gasteiger partial charge < -0.3 is 10.3 Å². The highest BCUT2D eigenvalue weighted by Crippen LogP contribution is 2.34. The van der Waals surface area contributed by atoms with Crippen LogP contribution in [0.25, 0.3) is 0 Å². The van der Waals surface area contributed by atoms with Crippen LogP contribution in [0.15, 0.2) is 4.52 Å². The van der Waals surface area contributed by atoms with E-state index in [9.17, 15) is 4.79 Å². The molecular weight excluding hydrogens is 256 g/mol. The molecule has 0 aromatic carbocycles. The van der Waals surface area contributed by atoms with E-state index in [2.05, 4.69) is 15.0 Å². The van der Waals surface area contributed by atoms with Gasteiger partial charge in [0.05, 0.1) is 6.04 Å². The Hall–Kier alpha value is -1.43. The average Bonchev–Trinajstić information content (AvgIpc) is 3.08. The van der Waals surface area contributed by atoms with Crippen LogP contribution in [0.3, 0.4) is 0 Å². The molecule has 110 valence electrons. The Balaban J connectivity index is 1.66. The molecule has 0 spiro atoms. The maximum atomic E-state index is 11.1. The summed E-state index contributed by atoms with van der Waals surface area (Å²) in [5.41, 5.74) is 5.17. The van der Waals surface area contributed by atoms with Gasteiger partial charge in [-0.3, -0.25) is 9.69 Å². The van der Waals surface area contributed by atoms with Gasteiger partial charge in [-0.05, 0) is 38.1 Å². The highest BCUT2D eigenvalue weighted by molar-refractivity contribution is 5.88. The number of primary amides is 1. The Morgan fingerprint density at radius 3 is 2.75 bits per heavy atom. The molecule has 2 fully saturated rings. The van der Waals surface area contributed by atoms with Crippen LogP contribution in [-0.4, -0.2) is 34.0 Å². The number of carbonyl (C=O) groups excluding carboxylic acids is 1. The first-order valence-corrected chi connectivity index (χ1v) is 7.61. The van der Waals surface area contributed by atoms with Gasteiger partial charge in [0.25, 0.3) is 11.7 Å². The molecular formula is C14H22N4O2. The van der Waals surface area contributed by atoms with Crippen molar-refractivity contribution in [3.05, 3.63) is 11.7 Å². The standard InChI is InChI=1S/C14H22N4O2/c15-12(19)13-16-14(20-17-13)11-7-4-8-18(11)9-10-5-2-1-3-6-10/h10-11H,1-9H2,(H2,15,19)/t11-/m1/s1. The van der Waals surface area contributed by atoms with Crippen molar-refractivity contribution in [2.24, 2.45) is 11.7 Å². The zero-order chi connectivity index (χ0) is 13.9. The molecule has 2 aliphatic rings. The zero-order valence-corrected chi connectivity index (χ0v) is 11.8. The fourth-order valence-corrected chi connectivity index (χ4v) is 3.50. The fraction of sp³-hybridized carbons (Fsp3) is 0.786. The molecule has 2 N–H and O–H groups in total. The zero-order valence-electron chi connectivity index (χ0n) is 11.8. The van der Waals surface area contributed by atoms with Gasteiger partial charge in [0.2, 0.25) is 5.89 Å². The Morgan fingerprint density at radius 1 is 1.25 bits per heavy atom. The number of rotatable bonds is 4. The van der Waals surface area contributed by atoms with Crippen molar-refractivity contribution in [1.29, 1.82) is 0 Å². The van der Waals surface area contributed by atoms with Crippen LogP contribution in [0.1, 0.15) is 67.5 Å². The van der Waals surface area contributed by atoms with Crippen molar-refractivity contribution in [2.75, 3.05) is 13.1 Å². The monoisotopic (exact) mass is 278 g/mol. The lowest BCUT2D eigenvalue weighted by Gasteiger charge is -2.29. The van der Waals surface area contributed by atoms with Crippen molar-refractivity contribution >= 4 is 5.91 Å². The minimum absolute atomic E-state index is 0.00971. The second-order valence-electron chi connectivity index (χ2n) is 5.98. The van der Waals surface area contributed by atoms with Crippen LogP contribution in [-0.2, 0) is 0 Å². The summed E-state index contributed by atoms with van der Waals surface area (Å²) in [6, 6.07) is 0.164. The lowest BCUT2D eigenvalue weighted by molar-refractivity contribution is 0.0987. The van der Waals surface area contributed by atoms with E-state index in [-0.39, 0.29) is 11.9 Å². The number of hydrogen-bond acceptors (Lipinski definition) is 5. The summed E-state index contributed by atoms with van der Waals surface area (Å²) in [6.45, 7) is 2.19. The number of nitrogens with zero attached hydrogens (tertiary/aromatic N) is 3. The van der Waals surface area contributed by atoms with Crippen molar-refractivity contribution in [3.63, 3.8) is 0 Å². The molecule has 1 aromatic heterocycles. The molecule has 1 aliphatic heterocycles. The first-order valence-electron chi connectivity index (χ1n) is 7.61. The second kappa shape index (κ2) is 5.91.